The van der Waals surface area contributed by atoms with Crippen molar-refractivity contribution in [3.63, 3.8) is 0 Å². The van der Waals surface area contributed by atoms with Crippen LogP contribution in [0.4, 0.5) is 4.39 Å². The van der Waals surface area contributed by atoms with Gasteiger partial charge in [-0.05, 0) is 60.7 Å². The van der Waals surface area contributed by atoms with E-state index in [4.69, 9.17) is 9.15 Å². The molecule has 0 atom stereocenters. The van der Waals surface area contributed by atoms with E-state index in [1.165, 1.54) is 28.0 Å². The number of hydrogen-bond donors (Lipinski definition) is 0. The topological polar surface area (TPSA) is 69.6 Å². The molecule has 2 aromatic carbocycles. The summed E-state index contributed by atoms with van der Waals surface area (Å²) in [6, 6.07) is 16.9. The molecule has 8 heteroatoms. The molecule has 0 fully saturated rings. The number of halogens is 1. The molecule has 0 bridgehead atoms. The molecule has 0 spiro atoms. The highest BCUT2D eigenvalue weighted by molar-refractivity contribution is 7.15. The van der Waals surface area contributed by atoms with Gasteiger partial charge in [0.25, 0.3) is 5.56 Å². The number of hydrogen-bond acceptors (Lipinski definition) is 6. The van der Waals surface area contributed by atoms with Crippen molar-refractivity contribution in [3.05, 3.63) is 87.1 Å². The number of rotatable bonds is 4. The van der Waals surface area contributed by atoms with Gasteiger partial charge >= 0.3 is 0 Å². The van der Waals surface area contributed by atoms with Crippen LogP contribution in [0.5, 0.6) is 5.75 Å². The second-order valence-corrected chi connectivity index (χ2v) is 7.49. The molecule has 0 N–H and O–H groups in total. The quantitative estimate of drug-likeness (QED) is 0.444. The van der Waals surface area contributed by atoms with Crippen molar-refractivity contribution in [2.24, 2.45) is 0 Å². The third-order valence-electron chi connectivity index (χ3n) is 4.56. The van der Waals surface area contributed by atoms with Gasteiger partial charge in [-0.3, -0.25) is 4.79 Å². The molecule has 6 nitrogen and oxygen atoms in total. The number of aromatic nitrogens is 3. The Balaban J connectivity index is 1.48. The Labute approximate surface area is 173 Å². The fourth-order valence-electron chi connectivity index (χ4n) is 3.03. The van der Waals surface area contributed by atoms with Gasteiger partial charge in [-0.15, -0.1) is 5.10 Å². The first-order valence-electron chi connectivity index (χ1n) is 9.02. The van der Waals surface area contributed by atoms with Gasteiger partial charge in [0.15, 0.2) is 5.82 Å². The number of furan rings is 1. The zero-order valence-corrected chi connectivity index (χ0v) is 16.5. The van der Waals surface area contributed by atoms with Crippen molar-refractivity contribution >= 4 is 22.4 Å². The van der Waals surface area contributed by atoms with Gasteiger partial charge in [-0.1, -0.05) is 11.3 Å². The number of nitrogens with zero attached hydrogens (tertiary/aromatic N) is 3. The molecule has 0 aliphatic rings. The van der Waals surface area contributed by atoms with Gasteiger partial charge in [0.2, 0.25) is 4.96 Å². The van der Waals surface area contributed by atoms with Crippen LogP contribution in [0.3, 0.4) is 0 Å². The summed E-state index contributed by atoms with van der Waals surface area (Å²) in [6.07, 6.45) is 1.66. The van der Waals surface area contributed by atoms with Crippen LogP contribution in [0.15, 0.2) is 69.9 Å². The second kappa shape index (κ2) is 7.23. The summed E-state index contributed by atoms with van der Waals surface area (Å²) in [6.45, 7) is 0. The molecule has 148 valence electrons. The van der Waals surface area contributed by atoms with E-state index in [9.17, 15) is 9.18 Å². The summed E-state index contributed by atoms with van der Waals surface area (Å²) in [5, 5.41) is 4.34. The molecule has 0 aliphatic heterocycles. The number of methoxy groups -OCH3 is 1. The molecule has 0 saturated heterocycles. The standard InChI is InChI=1S/C22H14FN3O3S/c1-28-16-8-4-14(5-9-16)20-24-22-26(25-20)21(27)19(30-22)12-17-10-11-18(29-17)13-2-6-15(23)7-3-13/h2-12H,1H3. The van der Waals surface area contributed by atoms with Gasteiger partial charge in [-0.25, -0.2) is 4.39 Å². The monoisotopic (exact) mass is 419 g/mol. The van der Waals surface area contributed by atoms with Gasteiger partial charge in [-0.2, -0.15) is 9.50 Å². The van der Waals surface area contributed by atoms with E-state index >= 15 is 0 Å². The summed E-state index contributed by atoms with van der Waals surface area (Å²) in [5.41, 5.74) is 1.29. The number of fused-ring (bicyclic) bond motifs is 1. The molecule has 5 rings (SSSR count). The van der Waals surface area contributed by atoms with E-state index in [1.54, 1.807) is 37.5 Å². The zero-order valence-electron chi connectivity index (χ0n) is 15.7. The molecule has 0 aliphatic carbocycles. The molecular formula is C22H14FN3O3S. The lowest BCUT2D eigenvalue weighted by atomic mass is 10.2. The summed E-state index contributed by atoms with van der Waals surface area (Å²) in [7, 11) is 1.60. The van der Waals surface area contributed by atoms with Gasteiger partial charge in [0.1, 0.15) is 27.6 Å². The molecule has 3 heterocycles. The minimum atomic E-state index is -0.309. The van der Waals surface area contributed by atoms with Crippen LogP contribution in [0, 0.1) is 5.82 Å². The molecule has 0 saturated carbocycles. The smallest absolute Gasteiger partial charge is 0.291 e. The number of benzene rings is 2. The lowest BCUT2D eigenvalue weighted by Gasteiger charge is -1.99. The van der Waals surface area contributed by atoms with Crippen LogP contribution in [-0.2, 0) is 0 Å². The first-order chi connectivity index (χ1) is 14.6. The average molecular weight is 419 g/mol. The Kier molecular flexibility index (Phi) is 4.40. The Hall–Kier alpha value is -3.78. The van der Waals surface area contributed by atoms with E-state index in [1.807, 2.05) is 24.3 Å². The van der Waals surface area contributed by atoms with Crippen LogP contribution < -0.4 is 14.8 Å². The van der Waals surface area contributed by atoms with E-state index in [-0.39, 0.29) is 11.4 Å². The third kappa shape index (κ3) is 3.27. The van der Waals surface area contributed by atoms with Crippen molar-refractivity contribution in [1.29, 1.82) is 0 Å². The SMILES string of the molecule is COc1ccc(-c2nc3sc(=Cc4ccc(-c5ccc(F)cc5)o4)c(=O)n3n2)cc1. The van der Waals surface area contributed by atoms with Crippen LogP contribution in [-0.4, -0.2) is 21.7 Å². The third-order valence-corrected chi connectivity index (χ3v) is 5.52. The largest absolute Gasteiger partial charge is 0.497 e. The molecule has 0 radical (unpaired) electrons. The van der Waals surface area contributed by atoms with Crippen molar-refractivity contribution in [2.75, 3.05) is 7.11 Å². The molecule has 30 heavy (non-hydrogen) atoms. The van der Waals surface area contributed by atoms with Gasteiger partial charge in [0, 0.05) is 17.2 Å². The van der Waals surface area contributed by atoms with Crippen LogP contribution >= 0.6 is 11.3 Å². The van der Waals surface area contributed by atoms with Crippen LogP contribution in [0.25, 0.3) is 33.7 Å². The zero-order chi connectivity index (χ0) is 20.7. The molecule has 0 unspecified atom stereocenters. The predicted molar refractivity (Wildman–Crippen MR) is 112 cm³/mol. The highest BCUT2D eigenvalue weighted by Gasteiger charge is 2.13. The molecular weight excluding hydrogens is 405 g/mol. The van der Waals surface area contributed by atoms with Crippen molar-refractivity contribution in [2.45, 2.75) is 0 Å². The van der Waals surface area contributed by atoms with E-state index < -0.39 is 0 Å². The first-order valence-corrected chi connectivity index (χ1v) is 9.84. The normalized spacial score (nSPS) is 12.0. The van der Waals surface area contributed by atoms with E-state index in [0.29, 0.717) is 26.8 Å². The maximum Gasteiger partial charge on any atom is 0.291 e. The van der Waals surface area contributed by atoms with Crippen molar-refractivity contribution < 1.29 is 13.5 Å². The average Bonchev–Trinajstić information content (AvgIpc) is 3.47. The summed E-state index contributed by atoms with van der Waals surface area (Å²) >= 11 is 1.24. The predicted octanol–water partition coefficient (Wildman–Crippen LogP) is 3.77. The van der Waals surface area contributed by atoms with E-state index in [2.05, 4.69) is 10.1 Å². The van der Waals surface area contributed by atoms with Crippen molar-refractivity contribution in [1.82, 2.24) is 14.6 Å². The summed E-state index contributed by atoms with van der Waals surface area (Å²) < 4.78 is 25.8. The maximum atomic E-state index is 13.1. The van der Waals surface area contributed by atoms with Crippen molar-refractivity contribution in [3.8, 4) is 28.5 Å². The van der Waals surface area contributed by atoms with Crippen LogP contribution in [0.1, 0.15) is 5.76 Å². The Bertz CT molecular complexity index is 1450. The minimum Gasteiger partial charge on any atom is -0.497 e. The highest BCUT2D eigenvalue weighted by Crippen LogP contribution is 2.23. The summed E-state index contributed by atoms with van der Waals surface area (Å²) in [4.78, 5) is 17.7. The molecule has 5 aromatic rings. The van der Waals surface area contributed by atoms with E-state index in [0.717, 1.165) is 16.9 Å². The van der Waals surface area contributed by atoms with Gasteiger partial charge in [0.05, 0.1) is 7.11 Å². The fourth-order valence-corrected chi connectivity index (χ4v) is 3.91. The Morgan fingerprint density at radius 1 is 1.03 bits per heavy atom. The number of thiazole rings is 1. The number of ether oxygens (including phenoxy) is 1. The molecule has 3 aromatic heterocycles. The minimum absolute atomic E-state index is 0.262. The second-order valence-electron chi connectivity index (χ2n) is 6.48. The summed E-state index contributed by atoms with van der Waals surface area (Å²) in [5.74, 6) is 2.02. The van der Waals surface area contributed by atoms with Gasteiger partial charge < -0.3 is 9.15 Å². The Morgan fingerprint density at radius 2 is 1.77 bits per heavy atom. The fraction of sp³-hybridized carbons (Fsp3) is 0.0455. The maximum absolute atomic E-state index is 13.1. The molecule has 0 amide bonds. The lowest BCUT2D eigenvalue weighted by Crippen LogP contribution is -2.23. The van der Waals surface area contributed by atoms with Crippen LogP contribution in [0.2, 0.25) is 0 Å². The first kappa shape index (κ1) is 18.3. The lowest BCUT2D eigenvalue weighted by molar-refractivity contribution is 0.415. The Morgan fingerprint density at radius 3 is 2.47 bits per heavy atom. The highest BCUT2D eigenvalue weighted by atomic mass is 32.1.